The maximum atomic E-state index is 12.0. The van der Waals surface area contributed by atoms with Crippen molar-refractivity contribution in [2.75, 3.05) is 16.8 Å². The van der Waals surface area contributed by atoms with Crippen molar-refractivity contribution in [1.29, 1.82) is 0 Å². The van der Waals surface area contributed by atoms with Crippen molar-refractivity contribution in [2.45, 2.75) is 37.9 Å². The van der Waals surface area contributed by atoms with Gasteiger partial charge in [-0.3, -0.25) is 4.79 Å². The lowest BCUT2D eigenvalue weighted by atomic mass is 9.91. The largest absolute Gasteiger partial charge is 0.397 e. The van der Waals surface area contributed by atoms with Gasteiger partial charge in [0.15, 0.2) is 0 Å². The zero-order valence-corrected chi connectivity index (χ0v) is 14.3. The first-order chi connectivity index (χ1) is 9.95. The summed E-state index contributed by atoms with van der Waals surface area (Å²) in [4.78, 5) is 12.0. The zero-order valence-electron chi connectivity index (χ0n) is 12.0. The fourth-order valence-electron chi connectivity index (χ4n) is 2.62. The Labute approximate surface area is 139 Å². The summed E-state index contributed by atoms with van der Waals surface area (Å²) in [6, 6.07) is 3.16. The molecule has 1 aliphatic carbocycles. The molecule has 0 bridgehead atoms. The monoisotopic (exact) mass is 346 g/mol. The predicted octanol–water partition coefficient (Wildman–Crippen LogP) is 4.83. The smallest absolute Gasteiger partial charge is 0.234 e. The number of thioether (sulfide) groups is 1. The summed E-state index contributed by atoms with van der Waals surface area (Å²) < 4.78 is 0. The second-order valence-electron chi connectivity index (χ2n) is 5.60. The molecule has 1 fully saturated rings. The van der Waals surface area contributed by atoms with Gasteiger partial charge in [-0.2, -0.15) is 0 Å². The lowest BCUT2D eigenvalue weighted by Crippen LogP contribution is -2.20. The third-order valence-corrected chi connectivity index (χ3v) is 5.53. The molecule has 0 spiro atoms. The first-order valence-electron chi connectivity index (χ1n) is 7.11. The molecule has 0 radical (unpaired) electrons. The van der Waals surface area contributed by atoms with Crippen molar-refractivity contribution in [3.8, 4) is 0 Å². The number of nitrogens with two attached hydrogens (primary N) is 1. The average Bonchev–Trinajstić information content (AvgIpc) is 2.40. The minimum atomic E-state index is -0.0749. The van der Waals surface area contributed by atoms with Gasteiger partial charge in [-0.1, -0.05) is 43.0 Å². The van der Waals surface area contributed by atoms with Crippen molar-refractivity contribution >= 4 is 52.2 Å². The number of amides is 1. The molecule has 2 atom stereocenters. The van der Waals surface area contributed by atoms with Gasteiger partial charge in [0.25, 0.3) is 0 Å². The Hall–Kier alpha value is -0.580. The molecule has 0 saturated heterocycles. The first-order valence-corrected chi connectivity index (χ1v) is 8.92. The number of nitrogens with one attached hydrogen (secondary N) is 1. The normalized spacial score (nSPS) is 22.0. The fraction of sp³-hybridized carbons (Fsp3) is 0.533. The zero-order chi connectivity index (χ0) is 15.4. The molecule has 0 aromatic heterocycles. The number of carbonyl (C=O) groups excluding carboxylic acids is 1. The molecule has 1 aromatic carbocycles. The third-order valence-electron chi connectivity index (χ3n) is 3.69. The van der Waals surface area contributed by atoms with Crippen LogP contribution >= 0.6 is 35.0 Å². The van der Waals surface area contributed by atoms with E-state index in [1.807, 2.05) is 0 Å². The maximum Gasteiger partial charge on any atom is 0.234 e. The summed E-state index contributed by atoms with van der Waals surface area (Å²) >= 11 is 13.6. The molecule has 2 rings (SSSR count). The first kappa shape index (κ1) is 16.8. The van der Waals surface area contributed by atoms with E-state index in [9.17, 15) is 4.79 Å². The molecule has 1 aliphatic rings. The molecule has 2 unspecified atom stereocenters. The van der Waals surface area contributed by atoms with Gasteiger partial charge < -0.3 is 11.1 Å². The fourth-order valence-corrected chi connectivity index (χ4v) is 4.44. The van der Waals surface area contributed by atoms with Crippen LogP contribution in [0.2, 0.25) is 10.0 Å². The Bertz CT molecular complexity index is 501. The Balaban J connectivity index is 1.87. The van der Waals surface area contributed by atoms with E-state index in [0.29, 0.717) is 32.4 Å². The van der Waals surface area contributed by atoms with E-state index in [4.69, 9.17) is 28.9 Å². The Kier molecular flexibility index (Phi) is 6.08. The molecule has 0 aliphatic heterocycles. The standard InChI is InChI=1S/C15H20Cl2N2OS/c1-9-3-2-4-11(5-9)21-8-14(20)19-15-12(17)6-10(16)7-13(15)18/h6-7,9,11H,2-5,8,18H2,1H3,(H,19,20). The van der Waals surface area contributed by atoms with Gasteiger partial charge in [0, 0.05) is 10.3 Å². The highest BCUT2D eigenvalue weighted by Crippen LogP contribution is 2.34. The van der Waals surface area contributed by atoms with Crippen LogP contribution in [0.25, 0.3) is 0 Å². The number of halogens is 2. The second-order valence-corrected chi connectivity index (χ2v) is 7.74. The average molecular weight is 347 g/mol. The van der Waals surface area contributed by atoms with Gasteiger partial charge >= 0.3 is 0 Å². The summed E-state index contributed by atoms with van der Waals surface area (Å²) in [6.45, 7) is 2.28. The van der Waals surface area contributed by atoms with E-state index >= 15 is 0 Å². The highest BCUT2D eigenvalue weighted by atomic mass is 35.5. The maximum absolute atomic E-state index is 12.0. The Morgan fingerprint density at radius 2 is 2.19 bits per heavy atom. The van der Waals surface area contributed by atoms with Crippen LogP contribution in [-0.4, -0.2) is 16.9 Å². The van der Waals surface area contributed by atoms with Crippen molar-refractivity contribution < 1.29 is 4.79 Å². The topological polar surface area (TPSA) is 55.1 Å². The second kappa shape index (κ2) is 7.61. The predicted molar refractivity (Wildman–Crippen MR) is 93.4 cm³/mol. The van der Waals surface area contributed by atoms with Crippen LogP contribution in [0.15, 0.2) is 12.1 Å². The lowest BCUT2D eigenvalue weighted by molar-refractivity contribution is -0.113. The molecular formula is C15H20Cl2N2OS. The van der Waals surface area contributed by atoms with Crippen LogP contribution in [0, 0.1) is 5.92 Å². The lowest BCUT2D eigenvalue weighted by Gasteiger charge is -2.26. The molecule has 1 aromatic rings. The van der Waals surface area contributed by atoms with Crippen LogP contribution in [0.5, 0.6) is 0 Å². The third kappa shape index (κ3) is 4.97. The van der Waals surface area contributed by atoms with Crippen LogP contribution in [0.4, 0.5) is 11.4 Å². The SMILES string of the molecule is CC1CCCC(SCC(=O)Nc2c(N)cc(Cl)cc2Cl)C1. The molecule has 116 valence electrons. The van der Waals surface area contributed by atoms with Crippen LogP contribution in [0.1, 0.15) is 32.6 Å². The van der Waals surface area contributed by atoms with Crippen LogP contribution < -0.4 is 11.1 Å². The molecule has 3 nitrogen and oxygen atoms in total. The number of nitrogen functional groups attached to an aromatic ring is 1. The van der Waals surface area contributed by atoms with E-state index in [-0.39, 0.29) is 5.91 Å². The van der Waals surface area contributed by atoms with E-state index in [0.717, 1.165) is 5.92 Å². The minimum absolute atomic E-state index is 0.0749. The van der Waals surface area contributed by atoms with Crippen LogP contribution in [-0.2, 0) is 4.79 Å². The van der Waals surface area contributed by atoms with E-state index < -0.39 is 0 Å². The molecule has 3 N–H and O–H groups in total. The number of rotatable bonds is 4. The summed E-state index contributed by atoms with van der Waals surface area (Å²) in [7, 11) is 0. The molecule has 1 amide bonds. The highest BCUT2D eigenvalue weighted by Gasteiger charge is 2.20. The highest BCUT2D eigenvalue weighted by molar-refractivity contribution is 8.00. The molecule has 21 heavy (non-hydrogen) atoms. The number of anilines is 2. The van der Waals surface area contributed by atoms with Gasteiger partial charge in [-0.05, 0) is 30.9 Å². The molecule has 0 heterocycles. The summed E-state index contributed by atoms with van der Waals surface area (Å²) in [5.74, 6) is 1.12. The van der Waals surface area contributed by atoms with Gasteiger partial charge in [-0.15, -0.1) is 11.8 Å². The quantitative estimate of drug-likeness (QED) is 0.768. The van der Waals surface area contributed by atoms with Gasteiger partial charge in [0.1, 0.15) is 0 Å². The van der Waals surface area contributed by atoms with Crippen LogP contribution in [0.3, 0.4) is 0 Å². The van der Waals surface area contributed by atoms with Gasteiger partial charge in [0.2, 0.25) is 5.91 Å². The van der Waals surface area contributed by atoms with E-state index in [1.165, 1.54) is 25.7 Å². The summed E-state index contributed by atoms with van der Waals surface area (Å²) in [6.07, 6.45) is 4.96. The van der Waals surface area contributed by atoms with Crippen molar-refractivity contribution in [3.05, 3.63) is 22.2 Å². The van der Waals surface area contributed by atoms with E-state index in [1.54, 1.807) is 23.9 Å². The van der Waals surface area contributed by atoms with Crippen molar-refractivity contribution in [1.82, 2.24) is 0 Å². The summed E-state index contributed by atoms with van der Waals surface area (Å²) in [5, 5.41) is 4.19. The number of benzene rings is 1. The summed E-state index contributed by atoms with van der Waals surface area (Å²) in [5.41, 5.74) is 6.67. The molecular weight excluding hydrogens is 327 g/mol. The molecule has 1 saturated carbocycles. The van der Waals surface area contributed by atoms with Crippen molar-refractivity contribution in [3.63, 3.8) is 0 Å². The van der Waals surface area contributed by atoms with Gasteiger partial charge in [0.05, 0.1) is 22.2 Å². The Morgan fingerprint density at radius 3 is 2.86 bits per heavy atom. The number of hydrogen-bond donors (Lipinski definition) is 2. The minimum Gasteiger partial charge on any atom is -0.397 e. The molecule has 6 heteroatoms. The number of carbonyl (C=O) groups is 1. The Morgan fingerprint density at radius 1 is 1.43 bits per heavy atom. The van der Waals surface area contributed by atoms with Gasteiger partial charge in [-0.25, -0.2) is 0 Å². The van der Waals surface area contributed by atoms with Crippen molar-refractivity contribution in [2.24, 2.45) is 5.92 Å². The number of hydrogen-bond acceptors (Lipinski definition) is 3. The van der Waals surface area contributed by atoms with E-state index in [2.05, 4.69) is 12.2 Å².